The highest BCUT2D eigenvalue weighted by atomic mass is 32.1. The predicted molar refractivity (Wildman–Crippen MR) is 102 cm³/mol. The van der Waals surface area contributed by atoms with Gasteiger partial charge in [0.15, 0.2) is 5.11 Å². The van der Waals surface area contributed by atoms with Crippen LogP contribution in [-0.4, -0.2) is 30.5 Å². The fourth-order valence-corrected chi connectivity index (χ4v) is 2.19. The van der Waals surface area contributed by atoms with Crippen LogP contribution in [0, 0.1) is 0 Å². The zero-order chi connectivity index (χ0) is 18.9. The number of hydrazone groups is 1. The van der Waals surface area contributed by atoms with E-state index in [1.165, 1.54) is 0 Å². The third kappa shape index (κ3) is 5.75. The number of ether oxygens (including phenoxy) is 2. The van der Waals surface area contributed by atoms with Gasteiger partial charge in [-0.1, -0.05) is 12.1 Å². The summed E-state index contributed by atoms with van der Waals surface area (Å²) in [4.78, 5) is 10.4. The number of para-hydroxylation sites is 2. The number of benzene rings is 2. The van der Waals surface area contributed by atoms with Gasteiger partial charge in [-0.2, -0.15) is 5.10 Å². The summed E-state index contributed by atoms with van der Waals surface area (Å²) in [5.41, 5.74) is 5.03. The molecule has 0 spiro atoms. The second-order valence-electron chi connectivity index (χ2n) is 5.15. The molecular weight excluding hydrogens is 354 g/mol. The first-order valence-corrected chi connectivity index (χ1v) is 8.08. The molecule has 2 N–H and O–H groups in total. The molecule has 2 rings (SSSR count). The minimum Gasteiger partial charge on any atom is -0.546 e. The number of nitrogens with zero attached hydrogens (tertiary/aromatic N) is 1. The van der Waals surface area contributed by atoms with Gasteiger partial charge in [0.25, 0.3) is 0 Å². The molecule has 0 amide bonds. The van der Waals surface area contributed by atoms with E-state index in [0.29, 0.717) is 22.3 Å². The van der Waals surface area contributed by atoms with Crippen molar-refractivity contribution in [2.24, 2.45) is 5.10 Å². The molecule has 7 nitrogen and oxygen atoms in total. The van der Waals surface area contributed by atoms with Crippen LogP contribution >= 0.6 is 12.2 Å². The van der Waals surface area contributed by atoms with Crippen LogP contribution < -0.4 is 25.3 Å². The lowest BCUT2D eigenvalue weighted by Gasteiger charge is -2.11. The summed E-state index contributed by atoms with van der Waals surface area (Å²) in [6.45, 7) is 1.33. The second-order valence-corrected chi connectivity index (χ2v) is 5.56. The fourth-order valence-electron chi connectivity index (χ4n) is 2.03. The molecule has 0 radical (unpaired) electrons. The molecule has 2 aromatic carbocycles. The van der Waals surface area contributed by atoms with Gasteiger partial charge in [0.1, 0.15) is 18.1 Å². The first-order valence-electron chi connectivity index (χ1n) is 7.67. The van der Waals surface area contributed by atoms with Crippen molar-refractivity contribution in [3.63, 3.8) is 0 Å². The Bertz CT molecular complexity index is 806. The second kappa shape index (κ2) is 9.38. The number of aliphatic carboxylic acids is 1. The summed E-state index contributed by atoms with van der Waals surface area (Å²) >= 11 is 5.23. The number of nitrogens with one attached hydrogen (secondary N) is 2. The fraction of sp³-hybridized carbons (Fsp3) is 0.167. The molecule has 0 saturated carbocycles. The van der Waals surface area contributed by atoms with E-state index >= 15 is 0 Å². The van der Waals surface area contributed by atoms with Crippen LogP contribution in [-0.2, 0) is 4.79 Å². The third-order valence-corrected chi connectivity index (χ3v) is 3.50. The zero-order valence-corrected chi connectivity index (χ0v) is 15.1. The number of carboxylic acids is 1. The highest BCUT2D eigenvalue weighted by molar-refractivity contribution is 7.80. The van der Waals surface area contributed by atoms with Crippen molar-refractivity contribution in [3.8, 4) is 11.5 Å². The Labute approximate surface area is 156 Å². The number of hydrogen-bond donors (Lipinski definition) is 2. The van der Waals surface area contributed by atoms with Crippen molar-refractivity contribution >= 4 is 34.7 Å². The van der Waals surface area contributed by atoms with Gasteiger partial charge in [-0.15, -0.1) is 0 Å². The monoisotopic (exact) mass is 372 g/mol. The molecule has 0 aliphatic carbocycles. The molecule has 0 bridgehead atoms. The number of carbonyl (C=O) groups excluding carboxylic acids is 1. The number of rotatable bonds is 7. The van der Waals surface area contributed by atoms with Gasteiger partial charge in [-0.25, -0.2) is 0 Å². The maximum Gasteiger partial charge on any atom is 0.191 e. The van der Waals surface area contributed by atoms with Gasteiger partial charge in [-0.3, -0.25) is 5.43 Å². The molecule has 0 saturated heterocycles. The van der Waals surface area contributed by atoms with Crippen molar-refractivity contribution in [1.29, 1.82) is 0 Å². The average molecular weight is 372 g/mol. The number of anilines is 1. The van der Waals surface area contributed by atoms with Crippen LogP contribution in [0.2, 0.25) is 0 Å². The van der Waals surface area contributed by atoms with E-state index < -0.39 is 12.6 Å². The van der Waals surface area contributed by atoms with Crippen molar-refractivity contribution in [1.82, 2.24) is 5.43 Å². The maximum absolute atomic E-state index is 10.4. The van der Waals surface area contributed by atoms with Gasteiger partial charge in [0.05, 0.1) is 24.5 Å². The molecule has 0 aromatic heterocycles. The topological polar surface area (TPSA) is 95.0 Å². The van der Waals surface area contributed by atoms with Gasteiger partial charge in [0.2, 0.25) is 0 Å². The number of carboxylic acid groups (broad SMARTS) is 1. The summed E-state index contributed by atoms with van der Waals surface area (Å²) < 4.78 is 10.3. The maximum atomic E-state index is 10.4. The summed E-state index contributed by atoms with van der Waals surface area (Å²) in [5.74, 6) is -0.163. The van der Waals surface area contributed by atoms with Crippen LogP contribution in [0.25, 0.3) is 0 Å². The normalized spacial score (nSPS) is 10.8. The summed E-state index contributed by atoms with van der Waals surface area (Å²) in [7, 11) is 1.58. The summed E-state index contributed by atoms with van der Waals surface area (Å²) in [5, 5.41) is 17.9. The third-order valence-electron chi connectivity index (χ3n) is 3.31. The lowest BCUT2D eigenvalue weighted by Crippen LogP contribution is -2.28. The standard InChI is InChI=1S/C18H19N3O4S/c1-12(13-7-9-14(10-8-13)25-11-17(22)23)20-21-18(26)19-15-5-3-4-6-16(15)24-2/h3-10H,11H2,1-2H3,(H,22,23)(H2,19,21,26)/p-1/b20-12-. The SMILES string of the molecule is COc1ccccc1NC(=S)N/N=C(/C)c1ccc(OCC(=O)[O-])cc1. The Morgan fingerprint density at radius 2 is 1.88 bits per heavy atom. The average Bonchev–Trinajstić information content (AvgIpc) is 2.65. The minimum absolute atomic E-state index is 0.322. The molecule has 8 heteroatoms. The molecular formula is C18H18N3O4S-. The van der Waals surface area contributed by atoms with E-state index in [0.717, 1.165) is 11.3 Å². The molecule has 0 aliphatic rings. The highest BCUT2D eigenvalue weighted by Gasteiger charge is 2.04. The first kappa shape index (κ1) is 19.2. The molecule has 0 atom stereocenters. The van der Waals surface area contributed by atoms with Gasteiger partial charge in [-0.05, 0) is 61.1 Å². The Morgan fingerprint density at radius 1 is 1.19 bits per heavy atom. The van der Waals surface area contributed by atoms with Crippen LogP contribution in [0.4, 0.5) is 5.69 Å². The van der Waals surface area contributed by atoms with Gasteiger partial charge in [0, 0.05) is 0 Å². The first-order chi connectivity index (χ1) is 12.5. The Morgan fingerprint density at radius 3 is 2.54 bits per heavy atom. The molecule has 2 aromatic rings. The number of methoxy groups -OCH3 is 1. The van der Waals surface area contributed by atoms with Crippen molar-refractivity contribution in [3.05, 3.63) is 54.1 Å². The number of thiocarbonyl (C=S) groups is 1. The van der Waals surface area contributed by atoms with E-state index in [4.69, 9.17) is 21.7 Å². The largest absolute Gasteiger partial charge is 0.546 e. The lowest BCUT2D eigenvalue weighted by atomic mass is 10.1. The predicted octanol–water partition coefficient (Wildman–Crippen LogP) is 1.53. The van der Waals surface area contributed by atoms with E-state index in [-0.39, 0.29) is 0 Å². The van der Waals surface area contributed by atoms with E-state index in [2.05, 4.69) is 15.8 Å². The molecule has 136 valence electrons. The smallest absolute Gasteiger partial charge is 0.191 e. The van der Waals surface area contributed by atoms with Crippen LogP contribution in [0.1, 0.15) is 12.5 Å². The Kier molecular flexibility index (Phi) is 6.92. The van der Waals surface area contributed by atoms with Crippen LogP contribution in [0.5, 0.6) is 11.5 Å². The lowest BCUT2D eigenvalue weighted by molar-refractivity contribution is -0.307. The van der Waals surface area contributed by atoms with E-state index in [1.54, 1.807) is 31.4 Å². The summed E-state index contributed by atoms with van der Waals surface area (Å²) in [6.07, 6.45) is 0. The molecule has 26 heavy (non-hydrogen) atoms. The quantitative estimate of drug-likeness (QED) is 0.432. The molecule has 0 unspecified atom stereocenters. The van der Waals surface area contributed by atoms with Crippen molar-refractivity contribution in [2.45, 2.75) is 6.92 Å². The van der Waals surface area contributed by atoms with Crippen LogP contribution in [0.15, 0.2) is 53.6 Å². The number of hydrogen-bond acceptors (Lipinski definition) is 6. The summed E-state index contributed by atoms with van der Waals surface area (Å²) in [6, 6.07) is 14.2. The number of carbonyl (C=O) groups is 1. The Hall–Kier alpha value is -3.13. The van der Waals surface area contributed by atoms with Crippen molar-refractivity contribution in [2.75, 3.05) is 19.0 Å². The van der Waals surface area contributed by atoms with E-state index in [1.807, 2.05) is 31.2 Å². The van der Waals surface area contributed by atoms with Gasteiger partial charge >= 0.3 is 0 Å². The van der Waals surface area contributed by atoms with Gasteiger partial charge < -0.3 is 24.7 Å². The van der Waals surface area contributed by atoms with Crippen LogP contribution in [0.3, 0.4) is 0 Å². The molecule has 0 aliphatic heterocycles. The molecule has 0 heterocycles. The molecule has 0 fully saturated rings. The highest BCUT2D eigenvalue weighted by Crippen LogP contribution is 2.22. The minimum atomic E-state index is -1.27. The zero-order valence-electron chi connectivity index (χ0n) is 14.3. The Balaban J connectivity index is 1.94. The van der Waals surface area contributed by atoms with E-state index in [9.17, 15) is 9.90 Å². The van der Waals surface area contributed by atoms with Crippen molar-refractivity contribution < 1.29 is 19.4 Å².